The first kappa shape index (κ1) is 33.7. The molecule has 3 N–H and O–H groups in total. The molecule has 1 aromatic carbocycles. The number of hydrogen-bond donors (Lipinski definition) is 3. The number of hydrogen-bond acceptors (Lipinski definition) is 8. The van der Waals surface area contributed by atoms with Gasteiger partial charge in [-0.05, 0) is 54.7 Å². The summed E-state index contributed by atoms with van der Waals surface area (Å²) in [5.41, 5.74) is 9.22. The maximum Gasteiger partial charge on any atom is 0.250 e. The second kappa shape index (κ2) is 15.2. The van der Waals surface area contributed by atoms with Crippen molar-refractivity contribution in [2.45, 2.75) is 77.6 Å². The Balaban J connectivity index is 1.63. The maximum atomic E-state index is 12.7. The highest BCUT2D eigenvalue weighted by Crippen LogP contribution is 2.41. The van der Waals surface area contributed by atoms with E-state index in [1.54, 1.807) is 12.3 Å². The summed E-state index contributed by atoms with van der Waals surface area (Å²) in [6.45, 7) is 18.9. The zero-order valence-electron chi connectivity index (χ0n) is 27.5. The predicted octanol–water partition coefficient (Wildman–Crippen LogP) is 5.67. The van der Waals surface area contributed by atoms with Crippen LogP contribution in [0.1, 0.15) is 65.5 Å². The molecular formula is C34H50N6O3Si. The SMILES string of the molecule is CC(C)[Si](C#Cc1cc(=O)[nH]c2nc(Nc3ccc(N4CCN(C)CC4)c(COCCCCO)c3)ncc12)(C(C)C)C(C)C. The zero-order valence-corrected chi connectivity index (χ0v) is 28.5. The highest BCUT2D eigenvalue weighted by Gasteiger charge is 2.41. The molecule has 0 spiro atoms. The Kier molecular flexibility index (Phi) is 11.6. The molecule has 0 amide bonds. The number of ether oxygens (including phenoxy) is 1. The number of aromatic nitrogens is 3. The van der Waals surface area contributed by atoms with Gasteiger partial charge in [0.05, 0.1) is 12.0 Å². The molecule has 1 aliphatic heterocycles. The van der Waals surface area contributed by atoms with Gasteiger partial charge in [0.2, 0.25) is 5.95 Å². The Morgan fingerprint density at radius 1 is 1.05 bits per heavy atom. The lowest BCUT2D eigenvalue weighted by atomic mass is 10.1. The number of unbranched alkanes of at least 4 members (excludes halogenated alkanes) is 1. The van der Waals surface area contributed by atoms with Crippen molar-refractivity contribution in [1.82, 2.24) is 19.9 Å². The first-order valence-corrected chi connectivity index (χ1v) is 18.2. The van der Waals surface area contributed by atoms with Gasteiger partial charge in [0.1, 0.15) is 13.7 Å². The number of anilines is 3. The first-order valence-electron chi connectivity index (χ1n) is 16.0. The summed E-state index contributed by atoms with van der Waals surface area (Å²) < 4.78 is 6.00. The van der Waals surface area contributed by atoms with E-state index in [0.29, 0.717) is 47.0 Å². The van der Waals surface area contributed by atoms with Crippen molar-refractivity contribution in [3.8, 4) is 11.5 Å². The number of piperazine rings is 1. The Morgan fingerprint density at radius 3 is 2.41 bits per heavy atom. The van der Waals surface area contributed by atoms with E-state index >= 15 is 0 Å². The minimum Gasteiger partial charge on any atom is -0.396 e. The summed E-state index contributed by atoms with van der Waals surface area (Å²) in [5.74, 6) is 3.82. The molecule has 2 aromatic heterocycles. The lowest BCUT2D eigenvalue weighted by Crippen LogP contribution is -2.44. The van der Waals surface area contributed by atoms with E-state index < -0.39 is 8.07 Å². The molecule has 9 nitrogen and oxygen atoms in total. The topological polar surface area (TPSA) is 107 Å². The molecule has 1 aliphatic rings. The summed E-state index contributed by atoms with van der Waals surface area (Å²) >= 11 is 0. The van der Waals surface area contributed by atoms with Crippen LogP contribution in [0.4, 0.5) is 17.3 Å². The number of pyridine rings is 1. The number of nitrogens with one attached hydrogen (secondary N) is 2. The molecule has 1 fully saturated rings. The maximum absolute atomic E-state index is 12.7. The van der Waals surface area contributed by atoms with Gasteiger partial charge in [-0.1, -0.05) is 47.5 Å². The van der Waals surface area contributed by atoms with Crippen LogP contribution in [0.15, 0.2) is 35.3 Å². The molecule has 3 aromatic rings. The quantitative estimate of drug-likeness (QED) is 0.135. The van der Waals surface area contributed by atoms with Crippen LogP contribution in [-0.4, -0.2) is 79.5 Å². The largest absolute Gasteiger partial charge is 0.396 e. The highest BCUT2D eigenvalue weighted by molar-refractivity contribution is 6.90. The summed E-state index contributed by atoms with van der Waals surface area (Å²) in [5, 5.41) is 13.2. The fourth-order valence-corrected chi connectivity index (χ4v) is 11.8. The normalized spacial score (nSPS) is 14.5. The second-order valence-electron chi connectivity index (χ2n) is 12.9. The van der Waals surface area contributed by atoms with Gasteiger partial charge in [0.25, 0.3) is 5.56 Å². The molecule has 1 saturated heterocycles. The predicted molar refractivity (Wildman–Crippen MR) is 183 cm³/mol. The molecule has 0 bridgehead atoms. The molecule has 0 aliphatic carbocycles. The second-order valence-corrected chi connectivity index (χ2v) is 18.5. The molecule has 4 rings (SSSR count). The Hall–Kier alpha value is -3.23. The molecule has 3 heterocycles. The van der Waals surface area contributed by atoms with Crippen LogP contribution in [0.2, 0.25) is 16.6 Å². The average Bonchev–Trinajstić information content (AvgIpc) is 2.97. The van der Waals surface area contributed by atoms with Gasteiger partial charge in [-0.25, -0.2) is 4.98 Å². The molecule has 0 saturated carbocycles. The molecule has 0 atom stereocenters. The number of aliphatic hydroxyl groups is 1. The van der Waals surface area contributed by atoms with Gasteiger partial charge in [0.15, 0.2) is 0 Å². The van der Waals surface area contributed by atoms with Crippen molar-refractivity contribution in [3.05, 3.63) is 51.9 Å². The molecule has 44 heavy (non-hydrogen) atoms. The average molecular weight is 619 g/mol. The molecule has 10 heteroatoms. The number of benzene rings is 1. The molecule has 0 unspecified atom stereocenters. The number of H-pyrrole nitrogens is 1. The van der Waals surface area contributed by atoms with Crippen LogP contribution in [0.25, 0.3) is 11.0 Å². The van der Waals surface area contributed by atoms with Gasteiger partial charge >= 0.3 is 0 Å². The number of likely N-dealkylation sites (N-methyl/N-ethyl adjacent to an activating group) is 1. The van der Waals surface area contributed by atoms with Crippen molar-refractivity contribution < 1.29 is 9.84 Å². The van der Waals surface area contributed by atoms with Gasteiger partial charge in [-0.2, -0.15) is 4.98 Å². The van der Waals surface area contributed by atoms with E-state index in [9.17, 15) is 4.79 Å². The van der Waals surface area contributed by atoms with Crippen LogP contribution < -0.4 is 15.8 Å². The van der Waals surface area contributed by atoms with Gasteiger partial charge in [-0.3, -0.25) is 4.79 Å². The monoisotopic (exact) mass is 618 g/mol. The van der Waals surface area contributed by atoms with Crippen LogP contribution in [-0.2, 0) is 11.3 Å². The lowest BCUT2D eigenvalue weighted by Gasteiger charge is -2.38. The summed E-state index contributed by atoms with van der Waals surface area (Å²) in [4.78, 5) is 29.6. The number of aromatic amines is 1. The highest BCUT2D eigenvalue weighted by atomic mass is 28.3. The van der Waals surface area contributed by atoms with Crippen molar-refractivity contribution in [1.29, 1.82) is 0 Å². The number of aliphatic hydroxyl groups excluding tert-OH is 1. The van der Waals surface area contributed by atoms with Gasteiger partial charge < -0.3 is 29.9 Å². The van der Waals surface area contributed by atoms with E-state index in [-0.39, 0.29) is 12.2 Å². The third-order valence-electron chi connectivity index (χ3n) is 9.01. The van der Waals surface area contributed by atoms with Gasteiger partial charge in [0, 0.05) is 74.2 Å². The fourth-order valence-electron chi connectivity index (χ4n) is 6.57. The zero-order chi connectivity index (χ0) is 31.9. The third-order valence-corrected chi connectivity index (χ3v) is 15.3. The third kappa shape index (κ3) is 7.88. The standard InChI is InChI=1S/C34H50N6O3Si/c1-24(2)44(25(3)4,26(5)6)19-12-27-21-32(42)37-33-30(27)22-35-34(38-33)36-29-10-11-31(40-15-13-39(7)14-16-40)28(20-29)23-43-18-9-8-17-41/h10-11,20-22,24-26,41H,8-9,13-18,23H2,1-7H3,(H2,35,36,37,38,42). The van der Waals surface area contributed by atoms with Crippen molar-refractivity contribution in [2.24, 2.45) is 0 Å². The van der Waals surface area contributed by atoms with Crippen LogP contribution in [0.3, 0.4) is 0 Å². The van der Waals surface area contributed by atoms with Crippen molar-refractivity contribution in [3.63, 3.8) is 0 Å². The summed E-state index contributed by atoms with van der Waals surface area (Å²) in [6.07, 6.45) is 3.30. The van der Waals surface area contributed by atoms with E-state index in [0.717, 1.165) is 55.7 Å². The first-order chi connectivity index (χ1) is 21.0. The van der Waals surface area contributed by atoms with Crippen molar-refractivity contribution >= 4 is 36.4 Å². The van der Waals surface area contributed by atoms with Crippen LogP contribution in [0, 0.1) is 11.5 Å². The van der Waals surface area contributed by atoms with E-state index in [2.05, 4.69) is 102 Å². The molecule has 0 radical (unpaired) electrons. The Bertz CT molecular complexity index is 1500. The van der Waals surface area contributed by atoms with E-state index in [4.69, 9.17) is 9.84 Å². The summed E-state index contributed by atoms with van der Waals surface area (Å²) in [6, 6.07) is 7.82. The van der Waals surface area contributed by atoms with E-state index in [1.165, 1.54) is 5.69 Å². The Morgan fingerprint density at radius 2 is 1.75 bits per heavy atom. The Labute approximate surface area is 263 Å². The van der Waals surface area contributed by atoms with Crippen LogP contribution in [0.5, 0.6) is 0 Å². The minimum absolute atomic E-state index is 0.177. The lowest BCUT2D eigenvalue weighted by molar-refractivity contribution is 0.112. The number of fused-ring (bicyclic) bond motifs is 1. The summed E-state index contributed by atoms with van der Waals surface area (Å²) in [7, 11) is 0.179. The smallest absolute Gasteiger partial charge is 0.250 e. The van der Waals surface area contributed by atoms with Crippen LogP contribution >= 0.6 is 0 Å². The van der Waals surface area contributed by atoms with Crippen molar-refractivity contribution in [2.75, 3.05) is 56.7 Å². The van der Waals surface area contributed by atoms with Gasteiger partial charge in [-0.15, -0.1) is 5.54 Å². The number of nitrogens with zero attached hydrogens (tertiary/aromatic N) is 4. The molecular weight excluding hydrogens is 568 g/mol. The van der Waals surface area contributed by atoms with E-state index in [1.807, 2.05) is 6.07 Å². The fraction of sp³-hybridized carbons (Fsp3) is 0.559. The number of rotatable bonds is 12. The minimum atomic E-state index is -1.97. The molecule has 238 valence electrons.